The van der Waals surface area contributed by atoms with E-state index in [1.165, 1.54) is 55.7 Å². The molecule has 0 spiro atoms. The first-order valence-corrected chi connectivity index (χ1v) is 17.5. The zero-order valence-electron chi connectivity index (χ0n) is 30.2. The van der Waals surface area contributed by atoms with E-state index in [-0.39, 0.29) is 55.0 Å². The number of methoxy groups -OCH3 is 1. The molecule has 0 amide bonds. The third-order valence-electron chi connectivity index (χ3n) is 8.66. The maximum absolute atomic E-state index is 12.9. The smallest absolute Gasteiger partial charge is 0.416 e. The van der Waals surface area contributed by atoms with Gasteiger partial charge in [-0.15, -0.1) is 10.1 Å². The maximum Gasteiger partial charge on any atom is 0.416 e. The van der Waals surface area contributed by atoms with E-state index in [0.717, 1.165) is 12.1 Å². The third kappa shape index (κ3) is 13.9. The summed E-state index contributed by atoms with van der Waals surface area (Å²) >= 11 is 0. The number of esters is 2. The van der Waals surface area contributed by atoms with Crippen molar-refractivity contribution in [3.05, 3.63) is 124 Å². The summed E-state index contributed by atoms with van der Waals surface area (Å²) < 4.78 is 60.2. The van der Waals surface area contributed by atoms with Gasteiger partial charge in [0.2, 0.25) is 0 Å². The number of allylic oxidation sites excluding steroid dienone is 2. The quantitative estimate of drug-likeness (QED) is 0.0231. The largest absolute Gasteiger partial charge is 0.493 e. The minimum atomic E-state index is -4.53. The number of aliphatic hydroxyl groups excluding tert-OH is 3. The van der Waals surface area contributed by atoms with Crippen LogP contribution >= 0.6 is 0 Å². The van der Waals surface area contributed by atoms with Gasteiger partial charge in [-0.3, -0.25) is 4.79 Å². The Bertz CT molecular complexity index is 1880. The monoisotopic (exact) mass is 785 g/mol. The van der Waals surface area contributed by atoms with E-state index in [4.69, 9.17) is 18.9 Å². The predicted molar refractivity (Wildman–Crippen MR) is 195 cm³/mol. The first-order chi connectivity index (χ1) is 26.7. The molecule has 4 rings (SSSR count). The molecule has 1 fully saturated rings. The summed E-state index contributed by atoms with van der Waals surface area (Å²) in [5.41, 5.74) is 0.120. The SMILES string of the molecule is COc1cc(C=CC(=O)Oc2cccc(CO[N+](=O)[O-])c2)ccc1OC(=O)CCCC=CC[C@@H]1[C@@H](C=C[C@@H](O)COc2cccc(C(F)(F)F)c2)[C@H](O)C[C@@H]1O. The molecule has 300 valence electrons. The Balaban J connectivity index is 1.19. The van der Waals surface area contributed by atoms with Gasteiger partial charge < -0.3 is 39.1 Å². The molecule has 3 aromatic rings. The maximum atomic E-state index is 12.9. The first kappa shape index (κ1) is 43.0. The Morgan fingerprint density at radius 2 is 1.75 bits per heavy atom. The van der Waals surface area contributed by atoms with Gasteiger partial charge in [0.05, 0.1) is 24.9 Å². The van der Waals surface area contributed by atoms with Gasteiger partial charge in [-0.25, -0.2) is 4.79 Å². The zero-order chi connectivity index (χ0) is 40.7. The van der Waals surface area contributed by atoms with Crippen molar-refractivity contribution in [2.75, 3.05) is 13.7 Å². The average Bonchev–Trinajstić information content (AvgIpc) is 3.43. The van der Waals surface area contributed by atoms with E-state index in [2.05, 4.69) is 4.84 Å². The number of aliphatic hydroxyl groups is 3. The van der Waals surface area contributed by atoms with Crippen molar-refractivity contribution in [2.24, 2.45) is 11.8 Å². The summed E-state index contributed by atoms with van der Waals surface area (Å²) in [6.07, 6.45) is 3.64. The summed E-state index contributed by atoms with van der Waals surface area (Å²) in [7, 11) is 1.40. The molecule has 3 aromatic carbocycles. The Morgan fingerprint density at radius 1 is 0.982 bits per heavy atom. The van der Waals surface area contributed by atoms with E-state index in [0.29, 0.717) is 30.4 Å². The van der Waals surface area contributed by atoms with Gasteiger partial charge in [0, 0.05) is 24.8 Å². The van der Waals surface area contributed by atoms with Crippen molar-refractivity contribution >= 4 is 18.0 Å². The highest BCUT2D eigenvalue weighted by Gasteiger charge is 2.39. The van der Waals surface area contributed by atoms with Gasteiger partial charge in [-0.1, -0.05) is 48.6 Å². The molecule has 3 N–H and O–H groups in total. The highest BCUT2D eigenvalue weighted by molar-refractivity contribution is 5.89. The molecule has 0 aromatic heterocycles. The van der Waals surface area contributed by atoms with Crippen molar-refractivity contribution in [2.45, 2.75) is 63.2 Å². The first-order valence-electron chi connectivity index (χ1n) is 17.5. The van der Waals surface area contributed by atoms with Gasteiger partial charge >= 0.3 is 18.1 Å². The van der Waals surface area contributed by atoms with Crippen molar-refractivity contribution < 1.29 is 67.0 Å². The summed E-state index contributed by atoms with van der Waals surface area (Å²) in [5, 5.41) is 40.9. The molecule has 1 aliphatic rings. The van der Waals surface area contributed by atoms with Crippen LogP contribution in [0.1, 0.15) is 48.8 Å². The predicted octanol–water partition coefficient (Wildman–Crippen LogP) is 6.42. The van der Waals surface area contributed by atoms with E-state index in [9.17, 15) is 48.2 Å². The summed E-state index contributed by atoms with van der Waals surface area (Å²) in [5.74, 6) is -1.46. The number of carbonyl (C=O) groups is 2. The molecule has 1 saturated carbocycles. The lowest BCUT2D eigenvalue weighted by Crippen LogP contribution is -2.21. The number of rotatable bonds is 19. The third-order valence-corrected chi connectivity index (χ3v) is 8.66. The Kier molecular flexibility index (Phi) is 16.0. The van der Waals surface area contributed by atoms with Crippen LogP contribution in [0, 0.1) is 22.0 Å². The summed E-state index contributed by atoms with van der Waals surface area (Å²) in [4.78, 5) is 39.6. The van der Waals surface area contributed by atoms with E-state index in [1.807, 2.05) is 12.2 Å². The molecule has 0 bridgehead atoms. The highest BCUT2D eigenvalue weighted by Crippen LogP contribution is 2.37. The van der Waals surface area contributed by atoms with Gasteiger partial charge in [-0.05, 0) is 84.8 Å². The van der Waals surface area contributed by atoms with Crippen LogP contribution in [0.15, 0.2) is 97.1 Å². The molecule has 16 heteroatoms. The minimum absolute atomic E-state index is 0.0472. The van der Waals surface area contributed by atoms with Crippen LogP contribution in [0.2, 0.25) is 0 Å². The average molecular weight is 786 g/mol. The van der Waals surface area contributed by atoms with Gasteiger partial charge in [0.15, 0.2) is 11.5 Å². The molecule has 13 nitrogen and oxygen atoms in total. The Hall–Kier alpha value is -5.71. The van der Waals surface area contributed by atoms with E-state index in [1.54, 1.807) is 30.3 Å². The molecule has 0 radical (unpaired) electrons. The fourth-order valence-corrected chi connectivity index (χ4v) is 5.88. The highest BCUT2D eigenvalue weighted by atomic mass is 19.4. The van der Waals surface area contributed by atoms with Crippen LogP contribution in [-0.2, 0) is 27.2 Å². The number of hydrogen-bond acceptors (Lipinski definition) is 12. The van der Waals surface area contributed by atoms with Crippen LogP contribution in [0.3, 0.4) is 0 Å². The Morgan fingerprint density at radius 3 is 2.50 bits per heavy atom. The topological polar surface area (TPSA) is 184 Å². The van der Waals surface area contributed by atoms with Crippen molar-refractivity contribution in [1.29, 1.82) is 0 Å². The van der Waals surface area contributed by atoms with Crippen LogP contribution in [0.4, 0.5) is 13.2 Å². The van der Waals surface area contributed by atoms with Crippen molar-refractivity contribution in [1.82, 2.24) is 0 Å². The summed E-state index contributed by atoms with van der Waals surface area (Å²) in [6.45, 7) is -0.604. The van der Waals surface area contributed by atoms with E-state index >= 15 is 0 Å². The standard InChI is InChI=1S/C40H42F3NO12/c1-52-37-21-26(15-19-39(49)55-31-11-6-8-27(20-31)24-54-44(50)51)14-18-36(37)56-38(48)13-5-3-2-4-12-32-33(35(47)23-34(32)46)17-16-29(45)25-53-30-10-7-9-28(22-30)40(41,42)43/h2,4,6-11,14-22,29,32-35,45-47H,3,5,12-13,23-25H2,1H3/t29-,32-,33-,34+,35-/m1/s1. The lowest BCUT2D eigenvalue weighted by atomic mass is 9.89. The molecular formula is C40H42F3NO12. The second-order valence-corrected chi connectivity index (χ2v) is 12.8. The lowest BCUT2D eigenvalue weighted by Gasteiger charge is -2.19. The van der Waals surface area contributed by atoms with Crippen LogP contribution in [0.25, 0.3) is 6.08 Å². The fourth-order valence-electron chi connectivity index (χ4n) is 5.88. The van der Waals surface area contributed by atoms with E-state index < -0.39 is 53.0 Å². The number of ether oxygens (including phenoxy) is 4. The molecule has 1 aliphatic carbocycles. The number of benzene rings is 3. The number of hydrogen-bond donors (Lipinski definition) is 3. The molecule has 56 heavy (non-hydrogen) atoms. The summed E-state index contributed by atoms with van der Waals surface area (Å²) in [6, 6.07) is 15.1. The number of unbranched alkanes of at least 4 members (excludes halogenated alkanes) is 1. The number of halogens is 3. The lowest BCUT2D eigenvalue weighted by molar-refractivity contribution is -0.763. The molecular weight excluding hydrogens is 743 g/mol. The Labute approximate surface area is 320 Å². The van der Waals surface area contributed by atoms with Crippen LogP contribution in [-0.4, -0.2) is 64.4 Å². The van der Waals surface area contributed by atoms with Gasteiger partial charge in [0.1, 0.15) is 30.8 Å². The normalized spacial score (nSPS) is 19.0. The van der Waals surface area contributed by atoms with Gasteiger partial charge in [0.25, 0.3) is 5.09 Å². The fraction of sp³-hybridized carbons (Fsp3) is 0.350. The van der Waals surface area contributed by atoms with Gasteiger partial charge in [-0.2, -0.15) is 13.2 Å². The zero-order valence-corrected chi connectivity index (χ0v) is 30.2. The molecule has 0 heterocycles. The molecule has 0 saturated heterocycles. The number of carbonyl (C=O) groups excluding carboxylic acids is 2. The molecule has 0 unspecified atom stereocenters. The molecule has 5 atom stereocenters. The van der Waals surface area contributed by atoms with Crippen LogP contribution < -0.4 is 18.9 Å². The van der Waals surface area contributed by atoms with Crippen LogP contribution in [0.5, 0.6) is 23.0 Å². The van der Waals surface area contributed by atoms with Crippen molar-refractivity contribution in [3.63, 3.8) is 0 Å². The van der Waals surface area contributed by atoms with Crippen molar-refractivity contribution in [3.8, 4) is 23.0 Å². The number of nitrogens with zero attached hydrogens (tertiary/aromatic N) is 1. The second kappa shape index (κ2) is 20.8. The number of alkyl halides is 3. The second-order valence-electron chi connectivity index (χ2n) is 12.8. The molecule has 0 aliphatic heterocycles. The minimum Gasteiger partial charge on any atom is -0.493 e.